The second-order valence-electron chi connectivity index (χ2n) is 5.32. The first-order valence-electron chi connectivity index (χ1n) is 6.13. The molecule has 3 heteroatoms. The zero-order valence-corrected chi connectivity index (χ0v) is 9.82. The number of aryl methyl sites for hydroxylation is 1. The van der Waals surface area contributed by atoms with Gasteiger partial charge in [0.2, 0.25) is 0 Å². The molecule has 16 heavy (non-hydrogen) atoms. The van der Waals surface area contributed by atoms with E-state index in [2.05, 4.69) is 28.9 Å². The average molecular weight is 217 g/mol. The molecule has 2 saturated heterocycles. The van der Waals surface area contributed by atoms with Gasteiger partial charge in [-0.15, -0.1) is 0 Å². The lowest BCUT2D eigenvalue weighted by Crippen LogP contribution is -2.22. The number of nitrogens with zero attached hydrogens (tertiary/aromatic N) is 2. The minimum atomic E-state index is 0.101. The van der Waals surface area contributed by atoms with Gasteiger partial charge in [0, 0.05) is 24.3 Å². The lowest BCUT2D eigenvalue weighted by molar-refractivity contribution is 0.426. The van der Waals surface area contributed by atoms with Gasteiger partial charge in [-0.1, -0.05) is 6.07 Å². The first-order chi connectivity index (χ1) is 7.70. The first-order valence-corrected chi connectivity index (χ1v) is 6.13. The van der Waals surface area contributed by atoms with Crippen LogP contribution >= 0.6 is 0 Å². The van der Waals surface area contributed by atoms with E-state index in [9.17, 15) is 0 Å². The van der Waals surface area contributed by atoms with Gasteiger partial charge in [-0.25, -0.2) is 0 Å². The highest BCUT2D eigenvalue weighted by Gasteiger charge is 2.55. The summed E-state index contributed by atoms with van der Waals surface area (Å²) in [5.41, 5.74) is 8.94. The molecule has 3 atom stereocenters. The maximum Gasteiger partial charge on any atom is 0.0571 e. The Morgan fingerprint density at radius 3 is 3.00 bits per heavy atom. The third-order valence-corrected chi connectivity index (χ3v) is 4.04. The van der Waals surface area contributed by atoms with Crippen LogP contribution in [0.2, 0.25) is 0 Å². The molecule has 1 aromatic rings. The summed E-state index contributed by atoms with van der Waals surface area (Å²) in [6.45, 7) is 4.58. The van der Waals surface area contributed by atoms with E-state index in [1.807, 2.05) is 6.20 Å². The summed E-state index contributed by atoms with van der Waals surface area (Å²) < 4.78 is 0. The van der Waals surface area contributed by atoms with E-state index < -0.39 is 0 Å². The number of nitrogens with two attached hydrogens (primary N) is 1. The van der Waals surface area contributed by atoms with E-state index in [0.717, 1.165) is 12.1 Å². The Morgan fingerprint density at radius 2 is 2.44 bits per heavy atom. The van der Waals surface area contributed by atoms with Crippen LogP contribution in [0.1, 0.15) is 36.6 Å². The van der Waals surface area contributed by atoms with E-state index in [0.29, 0.717) is 5.54 Å². The molecule has 0 radical (unpaired) electrons. The van der Waals surface area contributed by atoms with Gasteiger partial charge in [-0.05, 0) is 44.4 Å². The average Bonchev–Trinajstić information content (AvgIpc) is 2.80. The van der Waals surface area contributed by atoms with Crippen LogP contribution in [0.4, 0.5) is 0 Å². The topological polar surface area (TPSA) is 41.9 Å². The van der Waals surface area contributed by atoms with Crippen molar-refractivity contribution in [2.24, 2.45) is 5.73 Å². The minimum absolute atomic E-state index is 0.101. The fourth-order valence-electron chi connectivity index (χ4n) is 2.98. The minimum Gasteiger partial charge on any atom is -0.323 e. The number of aromatic nitrogens is 1. The van der Waals surface area contributed by atoms with Gasteiger partial charge in [0.15, 0.2) is 0 Å². The Balaban J connectivity index is 1.69. The van der Waals surface area contributed by atoms with E-state index in [1.54, 1.807) is 0 Å². The van der Waals surface area contributed by atoms with Gasteiger partial charge in [0.25, 0.3) is 0 Å². The monoisotopic (exact) mass is 217 g/mol. The quantitative estimate of drug-likeness (QED) is 0.782. The first kappa shape index (κ1) is 10.2. The summed E-state index contributed by atoms with van der Waals surface area (Å²) in [4.78, 5) is 6.98. The van der Waals surface area contributed by atoms with Crippen molar-refractivity contribution in [2.45, 2.75) is 37.8 Å². The zero-order chi connectivity index (χ0) is 11.2. The second kappa shape index (κ2) is 3.54. The molecule has 3 heterocycles. The van der Waals surface area contributed by atoms with Gasteiger partial charge >= 0.3 is 0 Å². The molecule has 2 N–H and O–H groups in total. The molecule has 2 aliphatic heterocycles. The number of fused-ring (bicyclic) bond motifs is 1. The molecule has 2 fully saturated rings. The summed E-state index contributed by atoms with van der Waals surface area (Å²) in [5, 5.41) is 0. The van der Waals surface area contributed by atoms with Crippen LogP contribution in [0.5, 0.6) is 0 Å². The van der Waals surface area contributed by atoms with Gasteiger partial charge in [0.05, 0.1) is 5.69 Å². The van der Waals surface area contributed by atoms with Gasteiger partial charge in [-0.2, -0.15) is 0 Å². The van der Waals surface area contributed by atoms with Crippen LogP contribution in [0.25, 0.3) is 0 Å². The highest BCUT2D eigenvalue weighted by molar-refractivity contribution is 5.19. The highest BCUT2D eigenvalue weighted by Crippen LogP contribution is 2.47. The Kier molecular flexibility index (Phi) is 2.26. The predicted octanol–water partition coefficient (Wildman–Crippen LogP) is 1.63. The molecule has 1 aromatic heterocycles. The Labute approximate surface area is 96.7 Å². The van der Waals surface area contributed by atoms with Crippen molar-refractivity contribution in [3.05, 3.63) is 29.6 Å². The van der Waals surface area contributed by atoms with Crippen molar-refractivity contribution < 1.29 is 0 Å². The third-order valence-electron chi connectivity index (χ3n) is 4.04. The molecule has 2 aliphatic rings. The van der Waals surface area contributed by atoms with Crippen LogP contribution in [0, 0.1) is 6.92 Å². The predicted molar refractivity (Wildman–Crippen MR) is 64.1 cm³/mol. The molecule has 0 aromatic carbocycles. The summed E-state index contributed by atoms with van der Waals surface area (Å²) in [7, 11) is 0. The fourth-order valence-corrected chi connectivity index (χ4v) is 2.98. The maximum absolute atomic E-state index is 6.25. The summed E-state index contributed by atoms with van der Waals surface area (Å²) >= 11 is 0. The number of hydrogen-bond donors (Lipinski definition) is 1. The van der Waals surface area contributed by atoms with Crippen molar-refractivity contribution in [3.8, 4) is 0 Å². The largest absolute Gasteiger partial charge is 0.323 e. The zero-order valence-electron chi connectivity index (χ0n) is 9.82. The standard InChI is InChI=1S/C13H19N3/c1-10-3-4-12(15-8-10)11(14)7-13-5-2-6-16(13)9-13/h3-4,8,11H,2,5-7,9,14H2,1H3/t11?,13-,16?/m0/s1. The molecule has 0 bridgehead atoms. The Bertz CT molecular complexity index is 387. The maximum atomic E-state index is 6.25. The summed E-state index contributed by atoms with van der Waals surface area (Å²) in [6.07, 6.45) is 5.65. The van der Waals surface area contributed by atoms with E-state index in [-0.39, 0.29) is 6.04 Å². The molecule has 0 spiro atoms. The second-order valence-corrected chi connectivity index (χ2v) is 5.32. The highest BCUT2D eigenvalue weighted by atomic mass is 15.4. The molecule has 0 amide bonds. The molecule has 0 saturated carbocycles. The third kappa shape index (κ3) is 1.64. The van der Waals surface area contributed by atoms with Crippen LogP contribution in [-0.4, -0.2) is 28.5 Å². The lowest BCUT2D eigenvalue weighted by Gasteiger charge is -2.17. The fraction of sp³-hybridized carbons (Fsp3) is 0.615. The number of piperidine rings is 1. The van der Waals surface area contributed by atoms with Crippen LogP contribution in [-0.2, 0) is 0 Å². The number of hydrogen-bond acceptors (Lipinski definition) is 3. The number of pyridine rings is 1. The number of rotatable bonds is 3. The molecule has 86 valence electrons. The van der Waals surface area contributed by atoms with Gasteiger partial charge < -0.3 is 5.73 Å². The lowest BCUT2D eigenvalue weighted by atomic mass is 9.95. The summed E-state index contributed by atoms with van der Waals surface area (Å²) in [6, 6.07) is 4.26. The van der Waals surface area contributed by atoms with Gasteiger partial charge in [-0.3, -0.25) is 9.88 Å². The Morgan fingerprint density at radius 1 is 1.56 bits per heavy atom. The normalized spacial score (nSPS) is 33.5. The molecular weight excluding hydrogens is 198 g/mol. The van der Waals surface area contributed by atoms with Crippen molar-refractivity contribution in [2.75, 3.05) is 13.1 Å². The Hall–Kier alpha value is -0.930. The van der Waals surface area contributed by atoms with E-state index in [1.165, 1.54) is 31.5 Å². The van der Waals surface area contributed by atoms with Crippen LogP contribution in [0.3, 0.4) is 0 Å². The van der Waals surface area contributed by atoms with Crippen molar-refractivity contribution in [1.29, 1.82) is 0 Å². The molecule has 2 unspecified atom stereocenters. The molecule has 3 nitrogen and oxygen atoms in total. The van der Waals surface area contributed by atoms with E-state index >= 15 is 0 Å². The van der Waals surface area contributed by atoms with Crippen molar-refractivity contribution in [1.82, 2.24) is 9.88 Å². The smallest absolute Gasteiger partial charge is 0.0571 e. The SMILES string of the molecule is Cc1ccc(C(N)C[C@]23CCCN2C3)nc1. The van der Waals surface area contributed by atoms with Crippen molar-refractivity contribution in [3.63, 3.8) is 0 Å². The van der Waals surface area contributed by atoms with Crippen molar-refractivity contribution >= 4 is 0 Å². The summed E-state index contributed by atoms with van der Waals surface area (Å²) in [5.74, 6) is 0. The van der Waals surface area contributed by atoms with E-state index in [4.69, 9.17) is 5.73 Å². The molecular formula is C13H19N3. The van der Waals surface area contributed by atoms with Crippen LogP contribution < -0.4 is 5.73 Å². The van der Waals surface area contributed by atoms with Gasteiger partial charge in [0.1, 0.15) is 0 Å². The molecule has 3 rings (SSSR count). The molecule has 0 aliphatic carbocycles. The van der Waals surface area contributed by atoms with Crippen LogP contribution in [0.15, 0.2) is 18.3 Å².